The maximum absolute atomic E-state index is 13.5. The van der Waals surface area contributed by atoms with Crippen LogP contribution >= 0.6 is 0 Å². The maximum atomic E-state index is 13.5. The van der Waals surface area contributed by atoms with Crippen molar-refractivity contribution in [2.45, 2.75) is 43.4 Å². The first-order chi connectivity index (χ1) is 15.2. The van der Waals surface area contributed by atoms with Gasteiger partial charge in [-0.1, -0.05) is 48.5 Å². The standard InChI is InChI=1S/C27H25FN2O/c28-22-12-10-21(11-13-22)24-18-25-23-8-4-5-9-26(23)31-27(30(25)29-24)16-14-20(15-17-27)19-6-2-1-3-7-19/h1-13,18,20,25,29H,14-17H2/t20?,25-,27?/m0/s1. The summed E-state index contributed by atoms with van der Waals surface area (Å²) in [4.78, 5) is 0. The summed E-state index contributed by atoms with van der Waals surface area (Å²) in [5.74, 6) is 1.32. The van der Waals surface area contributed by atoms with E-state index in [4.69, 9.17) is 4.74 Å². The molecule has 3 nitrogen and oxygen atoms in total. The molecule has 3 aromatic carbocycles. The summed E-state index contributed by atoms with van der Waals surface area (Å²) in [6, 6.07) is 25.9. The lowest BCUT2D eigenvalue weighted by Crippen LogP contribution is -2.60. The number of ether oxygens (including phenoxy) is 1. The van der Waals surface area contributed by atoms with Crippen LogP contribution in [0.4, 0.5) is 4.39 Å². The first kappa shape index (κ1) is 18.6. The lowest BCUT2D eigenvalue weighted by molar-refractivity contribution is -0.152. The third kappa shape index (κ3) is 3.14. The van der Waals surface area contributed by atoms with E-state index in [1.807, 2.05) is 18.2 Å². The normalized spacial score (nSPS) is 27.1. The van der Waals surface area contributed by atoms with Crippen molar-refractivity contribution >= 4 is 5.70 Å². The fourth-order valence-electron chi connectivity index (χ4n) is 5.39. The molecule has 0 aromatic heterocycles. The monoisotopic (exact) mass is 412 g/mol. The predicted octanol–water partition coefficient (Wildman–Crippen LogP) is 6.17. The summed E-state index contributed by atoms with van der Waals surface area (Å²) >= 11 is 0. The second-order valence-electron chi connectivity index (χ2n) is 8.78. The van der Waals surface area contributed by atoms with Gasteiger partial charge in [-0.3, -0.25) is 0 Å². The van der Waals surface area contributed by atoms with Crippen molar-refractivity contribution in [2.24, 2.45) is 0 Å². The van der Waals surface area contributed by atoms with Crippen molar-refractivity contribution in [3.05, 3.63) is 107 Å². The van der Waals surface area contributed by atoms with E-state index < -0.39 is 0 Å². The van der Waals surface area contributed by atoms with E-state index in [2.05, 4.69) is 65.0 Å². The molecular formula is C27H25FN2O. The van der Waals surface area contributed by atoms with E-state index in [1.165, 1.54) is 23.3 Å². The molecule has 0 radical (unpaired) electrons. The Balaban J connectivity index is 1.33. The van der Waals surface area contributed by atoms with Crippen LogP contribution in [0.2, 0.25) is 0 Å². The minimum absolute atomic E-state index is 0.0956. The van der Waals surface area contributed by atoms with Gasteiger partial charge in [0.2, 0.25) is 0 Å². The number of rotatable bonds is 2. The number of hydrazine groups is 1. The highest BCUT2D eigenvalue weighted by Gasteiger charge is 2.51. The Kier molecular flexibility index (Phi) is 4.35. The van der Waals surface area contributed by atoms with Crippen molar-refractivity contribution in [3.8, 4) is 5.75 Å². The van der Waals surface area contributed by atoms with Crippen LogP contribution in [0.25, 0.3) is 5.70 Å². The summed E-state index contributed by atoms with van der Waals surface area (Å²) in [5, 5.41) is 2.30. The zero-order valence-electron chi connectivity index (χ0n) is 17.3. The van der Waals surface area contributed by atoms with Gasteiger partial charge in [-0.05, 0) is 66.3 Å². The van der Waals surface area contributed by atoms with Gasteiger partial charge in [0.05, 0.1) is 11.7 Å². The summed E-state index contributed by atoms with van der Waals surface area (Å²) in [6.07, 6.45) is 6.33. The van der Waals surface area contributed by atoms with E-state index in [0.29, 0.717) is 5.92 Å². The van der Waals surface area contributed by atoms with Crippen molar-refractivity contribution in [1.29, 1.82) is 0 Å². The molecule has 1 spiro atoms. The summed E-state index contributed by atoms with van der Waals surface area (Å²) in [6.45, 7) is 0. The van der Waals surface area contributed by atoms with Crippen LogP contribution < -0.4 is 10.2 Å². The van der Waals surface area contributed by atoms with Gasteiger partial charge in [0.1, 0.15) is 11.6 Å². The van der Waals surface area contributed by atoms with Crippen molar-refractivity contribution < 1.29 is 9.13 Å². The minimum atomic E-state index is -0.386. The Morgan fingerprint density at radius 2 is 1.58 bits per heavy atom. The minimum Gasteiger partial charge on any atom is -0.471 e. The smallest absolute Gasteiger partial charge is 0.180 e. The average Bonchev–Trinajstić information content (AvgIpc) is 3.28. The maximum Gasteiger partial charge on any atom is 0.180 e. The molecule has 2 heterocycles. The molecule has 2 aliphatic heterocycles. The second-order valence-corrected chi connectivity index (χ2v) is 8.78. The highest BCUT2D eigenvalue weighted by Crippen LogP contribution is 2.51. The van der Waals surface area contributed by atoms with Gasteiger partial charge in [-0.15, -0.1) is 0 Å². The quantitative estimate of drug-likeness (QED) is 0.544. The molecule has 0 saturated heterocycles. The Morgan fingerprint density at radius 1 is 0.871 bits per heavy atom. The van der Waals surface area contributed by atoms with Crippen LogP contribution in [0, 0.1) is 5.82 Å². The molecule has 1 saturated carbocycles. The van der Waals surface area contributed by atoms with E-state index >= 15 is 0 Å². The van der Waals surface area contributed by atoms with Gasteiger partial charge in [-0.2, -0.15) is 5.01 Å². The topological polar surface area (TPSA) is 24.5 Å². The average molecular weight is 413 g/mol. The van der Waals surface area contributed by atoms with E-state index in [9.17, 15) is 4.39 Å². The van der Waals surface area contributed by atoms with Gasteiger partial charge in [0.15, 0.2) is 5.72 Å². The lowest BCUT2D eigenvalue weighted by Gasteiger charge is -2.51. The van der Waals surface area contributed by atoms with Crippen LogP contribution in [-0.2, 0) is 0 Å². The SMILES string of the molecule is Fc1ccc(C2=C[C@H]3c4ccccc4OC4(CCC(c5ccccc5)CC4)N3N2)cc1. The fourth-order valence-corrected chi connectivity index (χ4v) is 5.39. The third-order valence-corrected chi connectivity index (χ3v) is 7.01. The number of fused-ring (bicyclic) bond motifs is 4. The van der Waals surface area contributed by atoms with Gasteiger partial charge in [0.25, 0.3) is 0 Å². The summed E-state index contributed by atoms with van der Waals surface area (Å²) in [5.41, 5.74) is 7.83. The molecular weight excluding hydrogens is 387 g/mol. The first-order valence-corrected chi connectivity index (χ1v) is 11.1. The van der Waals surface area contributed by atoms with E-state index in [-0.39, 0.29) is 17.6 Å². The molecule has 3 aromatic rings. The molecule has 0 unspecified atom stereocenters. The van der Waals surface area contributed by atoms with Crippen LogP contribution in [0.1, 0.15) is 54.3 Å². The van der Waals surface area contributed by atoms with Gasteiger partial charge >= 0.3 is 0 Å². The highest BCUT2D eigenvalue weighted by molar-refractivity contribution is 5.67. The van der Waals surface area contributed by atoms with Gasteiger partial charge < -0.3 is 10.2 Å². The summed E-state index contributed by atoms with van der Waals surface area (Å²) in [7, 11) is 0. The predicted molar refractivity (Wildman–Crippen MR) is 120 cm³/mol. The molecule has 0 amide bonds. The number of benzene rings is 3. The number of nitrogens with zero attached hydrogens (tertiary/aromatic N) is 1. The molecule has 1 fully saturated rings. The molecule has 6 rings (SSSR count). The van der Waals surface area contributed by atoms with Gasteiger partial charge in [0, 0.05) is 18.4 Å². The van der Waals surface area contributed by atoms with Crippen molar-refractivity contribution in [3.63, 3.8) is 0 Å². The van der Waals surface area contributed by atoms with Crippen molar-refractivity contribution in [2.75, 3.05) is 0 Å². The largest absolute Gasteiger partial charge is 0.471 e. The molecule has 31 heavy (non-hydrogen) atoms. The Labute approximate surface area is 182 Å². The second kappa shape index (κ2) is 7.24. The molecule has 1 atom stereocenters. The molecule has 0 bridgehead atoms. The lowest BCUT2D eigenvalue weighted by atomic mass is 9.78. The zero-order chi connectivity index (χ0) is 20.8. The van der Waals surface area contributed by atoms with Crippen LogP contribution in [0.15, 0.2) is 84.9 Å². The van der Waals surface area contributed by atoms with Crippen molar-refractivity contribution in [1.82, 2.24) is 10.4 Å². The number of para-hydroxylation sites is 1. The number of halogens is 1. The van der Waals surface area contributed by atoms with E-state index in [0.717, 1.165) is 42.7 Å². The zero-order valence-corrected chi connectivity index (χ0v) is 17.3. The number of hydrogen-bond donors (Lipinski definition) is 1. The highest BCUT2D eigenvalue weighted by atomic mass is 19.1. The van der Waals surface area contributed by atoms with Crippen LogP contribution in [0.5, 0.6) is 5.75 Å². The number of hydrogen-bond acceptors (Lipinski definition) is 3. The third-order valence-electron chi connectivity index (χ3n) is 7.01. The molecule has 1 N–H and O–H groups in total. The fraction of sp³-hybridized carbons (Fsp3) is 0.259. The summed E-state index contributed by atoms with van der Waals surface area (Å²) < 4.78 is 20.2. The molecule has 4 heteroatoms. The molecule has 156 valence electrons. The first-order valence-electron chi connectivity index (χ1n) is 11.1. The Hall–Kier alpha value is -3.11. The van der Waals surface area contributed by atoms with Crippen LogP contribution in [0.3, 0.4) is 0 Å². The Morgan fingerprint density at radius 3 is 2.35 bits per heavy atom. The van der Waals surface area contributed by atoms with Crippen LogP contribution in [-0.4, -0.2) is 10.7 Å². The number of nitrogens with one attached hydrogen (secondary N) is 1. The molecule has 3 aliphatic rings. The van der Waals surface area contributed by atoms with E-state index in [1.54, 1.807) is 0 Å². The Bertz CT molecular complexity index is 1120. The molecule has 1 aliphatic carbocycles. The van der Waals surface area contributed by atoms with Gasteiger partial charge in [-0.25, -0.2) is 4.39 Å².